The predicted octanol–water partition coefficient (Wildman–Crippen LogP) is 1.41. The van der Waals surface area contributed by atoms with Gasteiger partial charge in [0, 0.05) is 18.9 Å². The molecular weight excluding hydrogens is 244 g/mol. The van der Waals surface area contributed by atoms with Gasteiger partial charge in [-0.1, -0.05) is 13.8 Å². The van der Waals surface area contributed by atoms with Crippen molar-refractivity contribution in [2.75, 3.05) is 19.7 Å². The fourth-order valence-electron chi connectivity index (χ4n) is 2.89. The zero-order chi connectivity index (χ0) is 14.3. The summed E-state index contributed by atoms with van der Waals surface area (Å²) in [6, 6.07) is 0. The molecule has 0 aromatic heterocycles. The van der Waals surface area contributed by atoms with E-state index in [9.17, 15) is 9.59 Å². The topological polar surface area (TPSA) is 51.0 Å². The third-order valence-corrected chi connectivity index (χ3v) is 3.76. The monoisotopic (exact) mass is 262 g/mol. The van der Waals surface area contributed by atoms with Crippen LogP contribution < -0.4 is 0 Å². The van der Waals surface area contributed by atoms with E-state index in [1.165, 1.54) is 6.92 Å². The third-order valence-electron chi connectivity index (χ3n) is 3.76. The number of hydrogen-bond donors (Lipinski definition) is 0. The maximum atomic E-state index is 12.1. The summed E-state index contributed by atoms with van der Waals surface area (Å²) < 4.78 is 5.84. The first kappa shape index (κ1) is 13.8. The molecule has 1 amide bonds. The SMILES string of the molecule is [C-]#[N+]C1=CC2(CN(C(C)=O)CCO2)CC(C)(C)C1=O. The summed E-state index contributed by atoms with van der Waals surface area (Å²) in [5, 5.41) is 0. The van der Waals surface area contributed by atoms with Crippen LogP contribution in [0.5, 0.6) is 0 Å². The van der Waals surface area contributed by atoms with Crippen molar-refractivity contribution in [2.45, 2.75) is 32.8 Å². The molecule has 2 aliphatic rings. The minimum Gasteiger partial charge on any atom is -0.368 e. The van der Waals surface area contributed by atoms with E-state index in [-0.39, 0.29) is 17.4 Å². The average Bonchev–Trinajstić information content (AvgIpc) is 2.33. The standard InChI is InChI=1S/C14H18N2O3/c1-10(17)16-5-6-19-14(9-16)7-11(15-4)12(18)13(2,3)8-14/h7H,5-6,8-9H2,1-3H3. The molecule has 1 fully saturated rings. The Kier molecular flexibility index (Phi) is 3.23. The smallest absolute Gasteiger partial charge is 0.228 e. The van der Waals surface area contributed by atoms with Crippen molar-refractivity contribution in [1.82, 2.24) is 4.90 Å². The highest BCUT2D eigenvalue weighted by atomic mass is 16.5. The highest BCUT2D eigenvalue weighted by Crippen LogP contribution is 2.41. The highest BCUT2D eigenvalue weighted by Gasteiger charge is 2.48. The second-order valence-corrected chi connectivity index (χ2v) is 5.88. The Morgan fingerprint density at radius 1 is 1.53 bits per heavy atom. The Hall–Kier alpha value is -1.67. The van der Waals surface area contributed by atoms with Crippen LogP contribution >= 0.6 is 0 Å². The van der Waals surface area contributed by atoms with Gasteiger partial charge in [-0.05, 0) is 12.5 Å². The van der Waals surface area contributed by atoms with E-state index in [1.807, 2.05) is 13.8 Å². The number of allylic oxidation sites excluding steroid dienone is 1. The van der Waals surface area contributed by atoms with E-state index in [2.05, 4.69) is 4.85 Å². The molecule has 0 saturated carbocycles. The van der Waals surface area contributed by atoms with Crippen LogP contribution in [-0.2, 0) is 14.3 Å². The summed E-state index contributed by atoms with van der Waals surface area (Å²) in [6.07, 6.45) is 2.12. The summed E-state index contributed by atoms with van der Waals surface area (Å²) in [6.45, 7) is 13.7. The minimum atomic E-state index is -0.693. The van der Waals surface area contributed by atoms with E-state index >= 15 is 0 Å². The van der Waals surface area contributed by atoms with E-state index in [1.54, 1.807) is 11.0 Å². The lowest BCUT2D eigenvalue weighted by molar-refractivity contribution is -0.149. The lowest BCUT2D eigenvalue weighted by atomic mass is 9.71. The van der Waals surface area contributed by atoms with Gasteiger partial charge in [-0.2, -0.15) is 0 Å². The molecule has 1 spiro atoms. The Labute approximate surface area is 113 Å². The fraction of sp³-hybridized carbons (Fsp3) is 0.643. The van der Waals surface area contributed by atoms with E-state index in [4.69, 9.17) is 11.3 Å². The quantitative estimate of drug-likeness (QED) is 0.620. The molecule has 0 radical (unpaired) electrons. The van der Waals surface area contributed by atoms with Gasteiger partial charge < -0.3 is 14.4 Å². The number of rotatable bonds is 0. The van der Waals surface area contributed by atoms with Crippen LogP contribution in [0.4, 0.5) is 0 Å². The van der Waals surface area contributed by atoms with Crippen molar-refractivity contribution in [3.8, 4) is 0 Å². The molecular formula is C14H18N2O3. The number of Topliss-reactive ketones (excluding diaryl/α,β-unsaturated/α-hetero) is 1. The van der Waals surface area contributed by atoms with Gasteiger partial charge >= 0.3 is 0 Å². The summed E-state index contributed by atoms with van der Waals surface area (Å²) in [7, 11) is 0. The molecule has 1 unspecified atom stereocenters. The van der Waals surface area contributed by atoms with Gasteiger partial charge in [0.1, 0.15) is 0 Å². The maximum absolute atomic E-state index is 12.1. The Balaban J connectivity index is 2.38. The van der Waals surface area contributed by atoms with Gasteiger partial charge in [0.05, 0.1) is 25.3 Å². The fourth-order valence-corrected chi connectivity index (χ4v) is 2.89. The predicted molar refractivity (Wildman–Crippen MR) is 69.0 cm³/mol. The van der Waals surface area contributed by atoms with Crippen LogP contribution in [0.2, 0.25) is 0 Å². The van der Waals surface area contributed by atoms with E-state index in [0.29, 0.717) is 26.1 Å². The summed E-state index contributed by atoms with van der Waals surface area (Å²) in [5.74, 6) is -0.146. The van der Waals surface area contributed by atoms with Crippen LogP contribution in [0.15, 0.2) is 11.8 Å². The molecule has 1 atom stereocenters. The number of morpholine rings is 1. The molecule has 0 aromatic carbocycles. The highest BCUT2D eigenvalue weighted by molar-refractivity contribution is 6.02. The van der Waals surface area contributed by atoms with Crippen LogP contribution in [-0.4, -0.2) is 41.9 Å². The average molecular weight is 262 g/mol. The summed E-state index contributed by atoms with van der Waals surface area (Å²) in [4.78, 5) is 28.7. The van der Waals surface area contributed by atoms with Crippen LogP contribution in [0.3, 0.4) is 0 Å². The second-order valence-electron chi connectivity index (χ2n) is 5.88. The normalized spacial score (nSPS) is 29.9. The lowest BCUT2D eigenvalue weighted by Crippen LogP contribution is -2.56. The van der Waals surface area contributed by atoms with Crippen molar-refractivity contribution >= 4 is 11.7 Å². The van der Waals surface area contributed by atoms with Crippen LogP contribution in [0, 0.1) is 12.0 Å². The molecule has 1 saturated heterocycles. The molecule has 102 valence electrons. The van der Waals surface area contributed by atoms with Gasteiger partial charge in [0.25, 0.3) is 0 Å². The number of carbonyl (C=O) groups is 2. The minimum absolute atomic E-state index is 0.00450. The molecule has 0 bridgehead atoms. The first-order valence-corrected chi connectivity index (χ1v) is 6.34. The summed E-state index contributed by atoms with van der Waals surface area (Å²) >= 11 is 0. The number of ether oxygens (including phenoxy) is 1. The lowest BCUT2D eigenvalue weighted by Gasteiger charge is -2.46. The van der Waals surface area contributed by atoms with E-state index in [0.717, 1.165) is 0 Å². The van der Waals surface area contributed by atoms with Crippen molar-refractivity contribution in [3.05, 3.63) is 23.2 Å². The third kappa shape index (κ3) is 2.41. The molecule has 2 rings (SSSR count). The first-order valence-electron chi connectivity index (χ1n) is 6.34. The number of amides is 1. The molecule has 19 heavy (non-hydrogen) atoms. The molecule has 0 N–H and O–H groups in total. The molecule has 1 aliphatic heterocycles. The number of ketones is 1. The molecule has 1 aliphatic carbocycles. The Morgan fingerprint density at radius 2 is 2.21 bits per heavy atom. The largest absolute Gasteiger partial charge is 0.368 e. The van der Waals surface area contributed by atoms with Gasteiger partial charge in [-0.25, -0.2) is 4.85 Å². The number of carbonyl (C=O) groups excluding carboxylic acids is 2. The van der Waals surface area contributed by atoms with Crippen LogP contribution in [0.1, 0.15) is 27.2 Å². The van der Waals surface area contributed by atoms with Crippen molar-refractivity contribution in [1.29, 1.82) is 0 Å². The van der Waals surface area contributed by atoms with Gasteiger partial charge in [0.15, 0.2) is 5.78 Å². The van der Waals surface area contributed by atoms with Gasteiger partial charge in [0.2, 0.25) is 11.6 Å². The Morgan fingerprint density at radius 3 is 2.79 bits per heavy atom. The molecule has 5 nitrogen and oxygen atoms in total. The Bertz CT molecular complexity index is 501. The molecule has 1 heterocycles. The molecule has 0 aromatic rings. The van der Waals surface area contributed by atoms with Crippen molar-refractivity contribution in [3.63, 3.8) is 0 Å². The van der Waals surface area contributed by atoms with Gasteiger partial charge in [-0.15, -0.1) is 0 Å². The second kappa shape index (κ2) is 4.46. The number of hydrogen-bond acceptors (Lipinski definition) is 3. The molecule has 5 heteroatoms. The number of nitrogens with zero attached hydrogens (tertiary/aromatic N) is 2. The van der Waals surface area contributed by atoms with E-state index < -0.39 is 11.0 Å². The zero-order valence-corrected chi connectivity index (χ0v) is 11.5. The first-order chi connectivity index (χ1) is 8.80. The zero-order valence-electron chi connectivity index (χ0n) is 11.5. The maximum Gasteiger partial charge on any atom is 0.228 e. The van der Waals surface area contributed by atoms with Crippen molar-refractivity contribution < 1.29 is 14.3 Å². The van der Waals surface area contributed by atoms with Crippen molar-refractivity contribution in [2.24, 2.45) is 5.41 Å². The van der Waals surface area contributed by atoms with Gasteiger partial charge in [-0.3, -0.25) is 4.79 Å². The summed E-state index contributed by atoms with van der Waals surface area (Å²) in [5.41, 5.74) is -1.20. The van der Waals surface area contributed by atoms with Crippen LogP contribution in [0.25, 0.3) is 4.85 Å².